The first-order valence-electron chi connectivity index (χ1n) is 16.5. The lowest BCUT2D eigenvalue weighted by Gasteiger charge is -2.47. The van der Waals surface area contributed by atoms with Gasteiger partial charge in [0.2, 0.25) is 11.8 Å². The summed E-state index contributed by atoms with van der Waals surface area (Å²) in [6, 6.07) is -3.21. The second-order valence-electron chi connectivity index (χ2n) is 12.9. The number of aliphatic hydroxyl groups excluding tert-OH is 11. The minimum absolute atomic E-state index is 0.769. The summed E-state index contributed by atoms with van der Waals surface area (Å²) in [4.78, 5) is 24.2. The molecular weight excluding hydrogens is 764 g/mol. The topological polar surface area (TPSA) is 400 Å². The molecule has 3 rings (SSSR count). The molecule has 3 fully saturated rings. The molecule has 0 radical (unpaired) electrons. The summed E-state index contributed by atoms with van der Waals surface area (Å²) in [7, 11) is -5.14. The average molecular weight is 815 g/mol. The predicted octanol–water partition coefficient (Wildman–Crippen LogP) is -8.97. The fourth-order valence-electron chi connectivity index (χ4n) is 5.93. The van der Waals surface area contributed by atoms with Crippen LogP contribution in [0.1, 0.15) is 20.8 Å². The molecule has 19 atom stereocenters. The first-order chi connectivity index (χ1) is 25.1. The molecule has 0 aromatic heterocycles. The monoisotopic (exact) mass is 814 g/mol. The number of hydrogen-bond donors (Lipinski definition) is 14. The molecular formula is C28H50N2O23S. The van der Waals surface area contributed by atoms with E-state index in [4.69, 9.17) is 33.0 Å². The zero-order valence-corrected chi connectivity index (χ0v) is 29.9. The van der Waals surface area contributed by atoms with Crippen LogP contribution in [0.25, 0.3) is 0 Å². The highest BCUT2D eigenvalue weighted by Gasteiger charge is 2.52. The second kappa shape index (κ2) is 20.0. The SMILES string of the molecule is CC(=O)N[C@H]1[C@H](OC[C@@H](O)[C@H](O)[C@H](O[C@@H]2O[C@H](CO)[C@H](O)[C@H](O)[C@H]2O)[C@H](CO)NC(C)=O)O[C@H](COS(=O)(=O)O)[C@@H](O)[C@@H]1O[C@@H]1O[C@@H](C)[C@@H](O)[C@@H](O)[C@@H]1O. The van der Waals surface area contributed by atoms with Crippen molar-refractivity contribution < 1.29 is 111 Å². The predicted molar refractivity (Wildman–Crippen MR) is 168 cm³/mol. The Morgan fingerprint density at radius 3 is 1.93 bits per heavy atom. The van der Waals surface area contributed by atoms with Gasteiger partial charge in [0.25, 0.3) is 0 Å². The fourth-order valence-corrected chi connectivity index (χ4v) is 6.24. The Hall–Kier alpha value is -1.87. The van der Waals surface area contributed by atoms with E-state index < -0.39 is 165 Å². The molecule has 3 aliphatic rings. The van der Waals surface area contributed by atoms with Gasteiger partial charge in [0.1, 0.15) is 85.4 Å². The van der Waals surface area contributed by atoms with E-state index in [-0.39, 0.29) is 0 Å². The normalized spacial score (nSPS) is 39.9. The molecule has 0 aromatic rings. The summed E-state index contributed by atoms with van der Waals surface area (Å²) in [5.41, 5.74) is 0. The summed E-state index contributed by atoms with van der Waals surface area (Å²) >= 11 is 0. The number of ether oxygens (including phenoxy) is 6. The Labute approximate surface area is 307 Å². The summed E-state index contributed by atoms with van der Waals surface area (Å²) < 4.78 is 69.4. The lowest BCUT2D eigenvalue weighted by Crippen LogP contribution is -2.68. The Bertz CT molecular complexity index is 1310. The fraction of sp³-hybridized carbons (Fsp3) is 0.929. The number of nitrogens with one attached hydrogen (secondary N) is 2. The zero-order valence-electron chi connectivity index (χ0n) is 29.1. The molecule has 0 aromatic carbocycles. The molecule has 316 valence electrons. The van der Waals surface area contributed by atoms with Crippen LogP contribution in [0.5, 0.6) is 0 Å². The lowest BCUT2D eigenvalue weighted by atomic mass is 9.95. The van der Waals surface area contributed by atoms with Crippen molar-refractivity contribution in [3.05, 3.63) is 0 Å². The molecule has 0 bridgehead atoms. The van der Waals surface area contributed by atoms with Crippen LogP contribution in [-0.2, 0) is 52.6 Å². The minimum Gasteiger partial charge on any atom is -0.394 e. The number of hydrogen-bond acceptors (Lipinski definition) is 22. The number of carbonyl (C=O) groups is 2. The number of rotatable bonds is 17. The van der Waals surface area contributed by atoms with E-state index in [1.807, 2.05) is 0 Å². The van der Waals surface area contributed by atoms with Crippen molar-refractivity contribution in [1.29, 1.82) is 0 Å². The van der Waals surface area contributed by atoms with Crippen molar-refractivity contribution >= 4 is 22.2 Å². The third kappa shape index (κ3) is 11.8. The van der Waals surface area contributed by atoms with Crippen molar-refractivity contribution in [2.24, 2.45) is 0 Å². The first kappa shape index (κ1) is 46.5. The minimum atomic E-state index is -5.14. The van der Waals surface area contributed by atoms with Gasteiger partial charge in [-0.1, -0.05) is 0 Å². The quantitative estimate of drug-likeness (QED) is 0.0606. The summed E-state index contributed by atoms with van der Waals surface area (Å²) in [5, 5.41) is 119. The smallest absolute Gasteiger partial charge is 0.394 e. The van der Waals surface area contributed by atoms with E-state index in [0.29, 0.717) is 0 Å². The van der Waals surface area contributed by atoms with Crippen LogP contribution in [0.4, 0.5) is 0 Å². The maximum atomic E-state index is 12.3. The number of carbonyl (C=O) groups excluding carboxylic acids is 2. The van der Waals surface area contributed by atoms with E-state index in [9.17, 15) is 74.2 Å². The Kier molecular flexibility index (Phi) is 17.2. The first-order valence-corrected chi connectivity index (χ1v) is 17.9. The zero-order chi connectivity index (χ0) is 40.8. The summed E-state index contributed by atoms with van der Waals surface area (Å²) in [6.45, 7) is -0.624. The van der Waals surface area contributed by atoms with Gasteiger partial charge in [-0.05, 0) is 6.92 Å². The Balaban J connectivity index is 1.91. The van der Waals surface area contributed by atoms with Crippen LogP contribution in [0.3, 0.4) is 0 Å². The molecule has 3 saturated heterocycles. The van der Waals surface area contributed by atoms with Gasteiger partial charge in [0.15, 0.2) is 18.9 Å². The average Bonchev–Trinajstić information content (AvgIpc) is 3.10. The maximum absolute atomic E-state index is 12.3. The van der Waals surface area contributed by atoms with Crippen molar-refractivity contribution in [1.82, 2.24) is 10.6 Å². The van der Waals surface area contributed by atoms with Gasteiger partial charge in [-0.25, -0.2) is 4.18 Å². The highest BCUT2D eigenvalue weighted by Crippen LogP contribution is 2.31. The van der Waals surface area contributed by atoms with Gasteiger partial charge in [0.05, 0.1) is 38.6 Å². The molecule has 0 saturated carbocycles. The second-order valence-corrected chi connectivity index (χ2v) is 14.0. The lowest BCUT2D eigenvalue weighted by molar-refractivity contribution is -0.342. The third-order valence-corrected chi connectivity index (χ3v) is 9.24. The van der Waals surface area contributed by atoms with Gasteiger partial charge < -0.3 is 95.2 Å². The van der Waals surface area contributed by atoms with Gasteiger partial charge in [-0.2, -0.15) is 8.42 Å². The molecule has 25 nitrogen and oxygen atoms in total. The van der Waals surface area contributed by atoms with Crippen molar-refractivity contribution in [3.8, 4) is 0 Å². The molecule has 0 unspecified atom stereocenters. The van der Waals surface area contributed by atoms with Crippen molar-refractivity contribution in [2.75, 3.05) is 26.4 Å². The van der Waals surface area contributed by atoms with E-state index in [2.05, 4.69) is 14.8 Å². The molecule has 3 aliphatic heterocycles. The summed E-state index contributed by atoms with van der Waals surface area (Å²) in [5.74, 6) is -1.58. The van der Waals surface area contributed by atoms with Gasteiger partial charge in [-0.3, -0.25) is 14.1 Å². The third-order valence-electron chi connectivity index (χ3n) is 8.81. The van der Waals surface area contributed by atoms with Crippen LogP contribution in [0.2, 0.25) is 0 Å². The van der Waals surface area contributed by atoms with Crippen LogP contribution in [0, 0.1) is 0 Å². The molecule has 0 aliphatic carbocycles. The van der Waals surface area contributed by atoms with E-state index in [1.165, 1.54) is 6.92 Å². The molecule has 3 heterocycles. The maximum Gasteiger partial charge on any atom is 0.397 e. The van der Waals surface area contributed by atoms with E-state index in [0.717, 1.165) is 13.8 Å². The van der Waals surface area contributed by atoms with Gasteiger partial charge >= 0.3 is 10.4 Å². The molecule has 26 heteroatoms. The largest absolute Gasteiger partial charge is 0.397 e. The number of aliphatic hydroxyl groups is 11. The molecule has 0 spiro atoms. The Morgan fingerprint density at radius 1 is 0.778 bits per heavy atom. The Morgan fingerprint density at radius 2 is 1.37 bits per heavy atom. The van der Waals surface area contributed by atoms with Crippen LogP contribution in [-0.4, -0.2) is 224 Å². The highest BCUT2D eigenvalue weighted by atomic mass is 32.3. The number of amides is 2. The van der Waals surface area contributed by atoms with Gasteiger partial charge in [0, 0.05) is 13.8 Å². The summed E-state index contributed by atoms with van der Waals surface area (Å²) in [6.07, 6.45) is -31.3. The molecule has 54 heavy (non-hydrogen) atoms. The van der Waals surface area contributed by atoms with Crippen molar-refractivity contribution in [2.45, 2.75) is 137 Å². The molecule has 14 N–H and O–H groups in total. The molecule has 2 amide bonds. The van der Waals surface area contributed by atoms with E-state index in [1.54, 1.807) is 0 Å². The van der Waals surface area contributed by atoms with Crippen LogP contribution < -0.4 is 10.6 Å². The van der Waals surface area contributed by atoms with Crippen LogP contribution in [0.15, 0.2) is 0 Å². The highest BCUT2D eigenvalue weighted by molar-refractivity contribution is 7.80. The standard InChI is InChI=1S/C28H50N2O23S/c1-8-16(36)20(40)22(42)27(49-8)53-25-15(30-10(3)34)26(51-14(19(25)39)7-48-54(44,45)46)47-6-12(35)17(37)24(11(4-31)29-9(2)33)52-28-23(43)21(41)18(38)13(5-32)50-28/h8,11-28,31-32,35-43H,4-7H2,1-3H3,(H,29,33)(H,30,34)(H,44,45,46)/t8-,11-,12+,13+,14+,15+,16+,17-,18-,19+,20+,21-,22-,23+,24+,25+,26+,27-,28-/m0/s1. The van der Waals surface area contributed by atoms with Crippen LogP contribution >= 0.6 is 0 Å². The van der Waals surface area contributed by atoms with E-state index >= 15 is 0 Å². The van der Waals surface area contributed by atoms with Crippen molar-refractivity contribution in [3.63, 3.8) is 0 Å². The van der Waals surface area contributed by atoms with Gasteiger partial charge in [-0.15, -0.1) is 0 Å².